The fourth-order valence-corrected chi connectivity index (χ4v) is 2.26. The van der Waals surface area contributed by atoms with Gasteiger partial charge in [-0.15, -0.1) is 0 Å². The zero-order valence-electron chi connectivity index (χ0n) is 14.0. The van der Waals surface area contributed by atoms with Crippen LogP contribution < -0.4 is 15.5 Å². The number of hydrogen-bond donors (Lipinski definition) is 3. The lowest BCUT2D eigenvalue weighted by molar-refractivity contribution is -0.124. The standard InChI is InChI=1S/C18H18BrN3O4/c1-26-16-10-12(2-7-15(16)23)11-20-22-18(25)9-8-17(24)21-14-5-3-13(19)4-6-14/h2-7,10-11,23H,8-9H2,1H3,(H,21,24)(H,22,25). The molecule has 0 spiro atoms. The van der Waals surface area contributed by atoms with E-state index < -0.39 is 0 Å². The summed E-state index contributed by atoms with van der Waals surface area (Å²) in [7, 11) is 1.44. The van der Waals surface area contributed by atoms with Crippen LogP contribution in [0.4, 0.5) is 5.69 Å². The summed E-state index contributed by atoms with van der Waals surface area (Å²) in [6.45, 7) is 0. The van der Waals surface area contributed by atoms with Gasteiger partial charge in [0.05, 0.1) is 13.3 Å². The zero-order valence-corrected chi connectivity index (χ0v) is 15.6. The Bertz CT molecular complexity index is 807. The Morgan fingerprint density at radius 2 is 1.85 bits per heavy atom. The third-order valence-corrected chi connectivity index (χ3v) is 3.84. The zero-order chi connectivity index (χ0) is 18.9. The number of carbonyl (C=O) groups excluding carboxylic acids is 2. The molecular weight excluding hydrogens is 402 g/mol. The highest BCUT2D eigenvalue weighted by Gasteiger charge is 2.07. The summed E-state index contributed by atoms with van der Waals surface area (Å²) in [5, 5.41) is 16.0. The second-order valence-electron chi connectivity index (χ2n) is 5.28. The number of carbonyl (C=O) groups is 2. The Morgan fingerprint density at radius 1 is 1.15 bits per heavy atom. The van der Waals surface area contributed by atoms with Crippen molar-refractivity contribution in [2.45, 2.75) is 12.8 Å². The van der Waals surface area contributed by atoms with Crippen molar-refractivity contribution in [3.8, 4) is 11.5 Å². The van der Waals surface area contributed by atoms with Crippen LogP contribution in [0.15, 0.2) is 52.0 Å². The van der Waals surface area contributed by atoms with E-state index in [1.807, 2.05) is 12.1 Å². The van der Waals surface area contributed by atoms with Crippen molar-refractivity contribution in [1.29, 1.82) is 0 Å². The van der Waals surface area contributed by atoms with Crippen LogP contribution in [-0.2, 0) is 9.59 Å². The maximum atomic E-state index is 11.8. The van der Waals surface area contributed by atoms with Crippen LogP contribution in [0.5, 0.6) is 11.5 Å². The van der Waals surface area contributed by atoms with E-state index in [2.05, 4.69) is 31.8 Å². The van der Waals surface area contributed by atoms with E-state index in [-0.39, 0.29) is 30.4 Å². The first-order chi connectivity index (χ1) is 12.5. The minimum Gasteiger partial charge on any atom is -0.504 e. The number of nitrogens with zero attached hydrogens (tertiary/aromatic N) is 1. The normalized spacial score (nSPS) is 10.5. The number of nitrogens with one attached hydrogen (secondary N) is 2. The fourth-order valence-electron chi connectivity index (χ4n) is 1.99. The molecule has 0 aliphatic carbocycles. The molecule has 0 aromatic heterocycles. The molecule has 7 nitrogen and oxygen atoms in total. The molecule has 0 heterocycles. The molecule has 0 aliphatic rings. The summed E-state index contributed by atoms with van der Waals surface area (Å²) in [6, 6.07) is 11.8. The average Bonchev–Trinajstić information content (AvgIpc) is 2.63. The lowest BCUT2D eigenvalue weighted by Gasteiger charge is -2.05. The molecule has 0 bridgehead atoms. The first-order valence-corrected chi connectivity index (χ1v) is 8.51. The summed E-state index contributed by atoms with van der Waals surface area (Å²) < 4.78 is 5.90. The maximum absolute atomic E-state index is 11.8. The van der Waals surface area contributed by atoms with Crippen molar-refractivity contribution >= 4 is 39.6 Å². The number of hydrazone groups is 1. The van der Waals surface area contributed by atoms with Gasteiger partial charge in [0.2, 0.25) is 11.8 Å². The molecule has 26 heavy (non-hydrogen) atoms. The van der Waals surface area contributed by atoms with Crippen molar-refractivity contribution in [3.63, 3.8) is 0 Å². The number of halogens is 1. The molecule has 8 heteroatoms. The third kappa shape index (κ3) is 6.21. The van der Waals surface area contributed by atoms with Gasteiger partial charge in [-0.2, -0.15) is 5.10 Å². The molecule has 0 unspecified atom stereocenters. The van der Waals surface area contributed by atoms with Crippen molar-refractivity contribution < 1.29 is 19.4 Å². The van der Waals surface area contributed by atoms with E-state index in [0.717, 1.165) is 4.47 Å². The molecule has 3 N–H and O–H groups in total. The lowest BCUT2D eigenvalue weighted by atomic mass is 10.2. The van der Waals surface area contributed by atoms with Gasteiger partial charge in [0, 0.05) is 23.0 Å². The smallest absolute Gasteiger partial charge is 0.240 e. The Labute approximate surface area is 159 Å². The number of rotatable bonds is 7. The van der Waals surface area contributed by atoms with Crippen molar-refractivity contribution in [1.82, 2.24) is 5.43 Å². The molecule has 0 saturated heterocycles. The molecule has 136 valence electrons. The van der Waals surface area contributed by atoms with E-state index in [9.17, 15) is 14.7 Å². The van der Waals surface area contributed by atoms with E-state index in [4.69, 9.17) is 4.74 Å². The molecule has 0 saturated carbocycles. The van der Waals surface area contributed by atoms with E-state index in [0.29, 0.717) is 17.0 Å². The second kappa shape index (κ2) is 9.57. The monoisotopic (exact) mass is 419 g/mol. The van der Waals surface area contributed by atoms with Crippen molar-refractivity contribution in [2.24, 2.45) is 5.10 Å². The van der Waals surface area contributed by atoms with Crippen LogP contribution >= 0.6 is 15.9 Å². The predicted octanol–water partition coefficient (Wildman–Crippen LogP) is 3.03. The molecule has 2 aromatic carbocycles. The minimum absolute atomic E-state index is 0.0125. The number of ether oxygens (including phenoxy) is 1. The van der Waals surface area contributed by atoms with Crippen LogP contribution in [0.2, 0.25) is 0 Å². The van der Waals surface area contributed by atoms with Gasteiger partial charge in [-0.1, -0.05) is 15.9 Å². The van der Waals surface area contributed by atoms with Crippen molar-refractivity contribution in [3.05, 3.63) is 52.5 Å². The summed E-state index contributed by atoms with van der Waals surface area (Å²) in [5.41, 5.74) is 3.66. The van der Waals surface area contributed by atoms with E-state index in [1.165, 1.54) is 19.4 Å². The first-order valence-electron chi connectivity index (χ1n) is 7.72. The summed E-state index contributed by atoms with van der Waals surface area (Å²) in [4.78, 5) is 23.6. The van der Waals surface area contributed by atoms with Gasteiger partial charge in [-0.3, -0.25) is 9.59 Å². The number of benzene rings is 2. The molecule has 2 rings (SSSR count). The Hall–Kier alpha value is -2.87. The molecular formula is C18H18BrN3O4. The number of methoxy groups -OCH3 is 1. The molecule has 2 aromatic rings. The quantitative estimate of drug-likeness (QED) is 0.474. The maximum Gasteiger partial charge on any atom is 0.240 e. The largest absolute Gasteiger partial charge is 0.504 e. The Balaban J connectivity index is 1.76. The molecule has 0 radical (unpaired) electrons. The number of anilines is 1. The highest BCUT2D eigenvalue weighted by molar-refractivity contribution is 9.10. The molecule has 2 amide bonds. The van der Waals surface area contributed by atoms with Gasteiger partial charge < -0.3 is 15.2 Å². The van der Waals surface area contributed by atoms with E-state index >= 15 is 0 Å². The van der Waals surface area contributed by atoms with Gasteiger partial charge in [0.1, 0.15) is 0 Å². The van der Waals surface area contributed by atoms with Gasteiger partial charge >= 0.3 is 0 Å². The number of aromatic hydroxyl groups is 1. The van der Waals surface area contributed by atoms with Gasteiger partial charge in [-0.25, -0.2) is 5.43 Å². The Morgan fingerprint density at radius 3 is 2.54 bits per heavy atom. The summed E-state index contributed by atoms with van der Waals surface area (Å²) in [6.07, 6.45) is 1.48. The summed E-state index contributed by atoms with van der Waals surface area (Å²) >= 11 is 3.32. The fraction of sp³-hybridized carbons (Fsp3) is 0.167. The lowest BCUT2D eigenvalue weighted by Crippen LogP contribution is -2.20. The molecule has 0 atom stereocenters. The Kier molecular flexibility index (Phi) is 7.16. The number of amides is 2. The third-order valence-electron chi connectivity index (χ3n) is 3.31. The highest BCUT2D eigenvalue weighted by atomic mass is 79.9. The minimum atomic E-state index is -0.377. The van der Waals surface area contributed by atoms with Gasteiger partial charge in [-0.05, 0) is 48.0 Å². The topological polar surface area (TPSA) is 100 Å². The highest BCUT2D eigenvalue weighted by Crippen LogP contribution is 2.25. The first kappa shape index (κ1) is 19.5. The number of hydrogen-bond acceptors (Lipinski definition) is 5. The van der Waals surface area contributed by atoms with Crippen molar-refractivity contribution in [2.75, 3.05) is 12.4 Å². The SMILES string of the molecule is COc1cc(C=NNC(=O)CCC(=O)Nc2ccc(Br)cc2)ccc1O. The second-order valence-corrected chi connectivity index (χ2v) is 6.20. The number of phenols is 1. The summed E-state index contributed by atoms with van der Waals surface area (Å²) in [5.74, 6) is -0.303. The van der Waals surface area contributed by atoms with Gasteiger partial charge in [0.25, 0.3) is 0 Å². The van der Waals surface area contributed by atoms with Crippen LogP contribution in [0, 0.1) is 0 Å². The average molecular weight is 420 g/mol. The predicted molar refractivity (Wildman–Crippen MR) is 102 cm³/mol. The number of phenolic OH excluding ortho intramolecular Hbond substituents is 1. The van der Waals surface area contributed by atoms with E-state index in [1.54, 1.807) is 24.3 Å². The van der Waals surface area contributed by atoms with Gasteiger partial charge in [0.15, 0.2) is 11.5 Å². The van der Waals surface area contributed by atoms with Crippen LogP contribution in [0.25, 0.3) is 0 Å². The van der Waals surface area contributed by atoms with Crippen LogP contribution in [-0.4, -0.2) is 30.2 Å². The van der Waals surface area contributed by atoms with Crippen LogP contribution in [0.1, 0.15) is 18.4 Å². The van der Waals surface area contributed by atoms with Crippen LogP contribution in [0.3, 0.4) is 0 Å². The molecule has 0 fully saturated rings. The molecule has 0 aliphatic heterocycles.